The second-order valence-corrected chi connectivity index (χ2v) is 6.04. The van der Waals surface area contributed by atoms with Crippen LogP contribution < -0.4 is 20.1 Å². The Balaban J connectivity index is 0.00000161. The molecule has 0 radical (unpaired) electrons. The average molecular weight is 331 g/mol. The lowest BCUT2D eigenvalue weighted by molar-refractivity contribution is -0.121. The van der Waals surface area contributed by atoms with E-state index in [2.05, 4.69) is 10.6 Å². The molecule has 0 aromatic heterocycles. The van der Waals surface area contributed by atoms with Crippen LogP contribution in [-0.2, 0) is 11.3 Å². The lowest BCUT2D eigenvalue weighted by atomic mass is 10.2. The van der Waals surface area contributed by atoms with Crippen LogP contribution in [0.3, 0.4) is 0 Å². The van der Waals surface area contributed by atoms with Crippen LogP contribution in [0.2, 0.25) is 0 Å². The SMILES string of the molecule is Cl.O=C(CC1CSCCN1)NCc1ccc2c(c1)OCO2. The Hall–Kier alpha value is -1.11. The molecule has 0 bridgehead atoms. The van der Waals surface area contributed by atoms with Crippen molar-refractivity contribution in [3.63, 3.8) is 0 Å². The predicted octanol–water partition coefficient (Wildman–Crippen LogP) is 1.55. The van der Waals surface area contributed by atoms with Crippen LogP contribution in [0.1, 0.15) is 12.0 Å². The first-order valence-electron chi connectivity index (χ1n) is 6.77. The van der Waals surface area contributed by atoms with E-state index in [1.54, 1.807) is 0 Å². The number of halogens is 1. The van der Waals surface area contributed by atoms with Gasteiger partial charge in [-0.1, -0.05) is 6.07 Å². The summed E-state index contributed by atoms with van der Waals surface area (Å²) in [5, 5.41) is 6.32. The van der Waals surface area contributed by atoms with Gasteiger partial charge in [-0.05, 0) is 17.7 Å². The summed E-state index contributed by atoms with van der Waals surface area (Å²) in [6.45, 7) is 1.79. The van der Waals surface area contributed by atoms with E-state index in [1.165, 1.54) is 0 Å². The highest BCUT2D eigenvalue weighted by atomic mass is 35.5. The molecule has 0 spiro atoms. The number of thioether (sulfide) groups is 1. The van der Waals surface area contributed by atoms with Crippen molar-refractivity contribution in [2.24, 2.45) is 0 Å². The smallest absolute Gasteiger partial charge is 0.231 e. The highest BCUT2D eigenvalue weighted by Gasteiger charge is 2.17. The Morgan fingerprint density at radius 2 is 2.24 bits per heavy atom. The van der Waals surface area contributed by atoms with Crippen molar-refractivity contribution in [1.29, 1.82) is 0 Å². The van der Waals surface area contributed by atoms with Crippen molar-refractivity contribution >= 4 is 30.1 Å². The number of hydrogen-bond acceptors (Lipinski definition) is 5. The molecular weight excluding hydrogens is 312 g/mol. The van der Waals surface area contributed by atoms with Gasteiger partial charge in [0.05, 0.1) is 0 Å². The first-order chi connectivity index (χ1) is 9.81. The molecular formula is C14H19ClN2O3S. The Morgan fingerprint density at radius 3 is 3.05 bits per heavy atom. The van der Waals surface area contributed by atoms with Gasteiger partial charge < -0.3 is 20.1 Å². The molecule has 0 aliphatic carbocycles. The summed E-state index contributed by atoms with van der Waals surface area (Å²) in [5.74, 6) is 3.75. The molecule has 1 unspecified atom stereocenters. The van der Waals surface area contributed by atoms with Gasteiger partial charge in [-0.15, -0.1) is 12.4 Å². The van der Waals surface area contributed by atoms with E-state index in [0.29, 0.717) is 19.0 Å². The topological polar surface area (TPSA) is 59.6 Å². The van der Waals surface area contributed by atoms with Gasteiger partial charge in [-0.2, -0.15) is 11.8 Å². The monoisotopic (exact) mass is 330 g/mol. The number of rotatable bonds is 4. The van der Waals surface area contributed by atoms with Gasteiger partial charge >= 0.3 is 0 Å². The van der Waals surface area contributed by atoms with E-state index in [9.17, 15) is 4.79 Å². The zero-order valence-electron chi connectivity index (χ0n) is 11.6. The number of hydrogen-bond donors (Lipinski definition) is 2. The van der Waals surface area contributed by atoms with E-state index >= 15 is 0 Å². The van der Waals surface area contributed by atoms with E-state index in [-0.39, 0.29) is 25.1 Å². The molecule has 1 aromatic rings. The minimum Gasteiger partial charge on any atom is -0.454 e. The highest BCUT2D eigenvalue weighted by Crippen LogP contribution is 2.32. The summed E-state index contributed by atoms with van der Waals surface area (Å²) in [6, 6.07) is 6.04. The zero-order valence-corrected chi connectivity index (χ0v) is 13.2. The van der Waals surface area contributed by atoms with Gasteiger partial charge in [0.2, 0.25) is 12.7 Å². The summed E-state index contributed by atoms with van der Waals surface area (Å²) in [5.41, 5.74) is 1.02. The van der Waals surface area contributed by atoms with Gasteiger partial charge in [-0.25, -0.2) is 0 Å². The zero-order chi connectivity index (χ0) is 13.8. The maximum Gasteiger partial charge on any atom is 0.231 e. The van der Waals surface area contributed by atoms with E-state index in [1.807, 2.05) is 30.0 Å². The van der Waals surface area contributed by atoms with Gasteiger partial charge in [0.15, 0.2) is 11.5 Å². The summed E-state index contributed by atoms with van der Waals surface area (Å²) in [7, 11) is 0. The van der Waals surface area contributed by atoms with Crippen LogP contribution in [0.15, 0.2) is 18.2 Å². The Bertz CT molecular complexity index is 495. The minimum atomic E-state index is 0. The van der Waals surface area contributed by atoms with Gasteiger partial charge in [0.1, 0.15) is 0 Å². The molecule has 7 heteroatoms. The van der Waals surface area contributed by atoms with E-state index in [0.717, 1.165) is 35.1 Å². The molecule has 21 heavy (non-hydrogen) atoms. The normalized spacial score (nSPS) is 19.7. The van der Waals surface area contributed by atoms with Gasteiger partial charge in [-0.3, -0.25) is 4.79 Å². The lowest BCUT2D eigenvalue weighted by Gasteiger charge is -2.22. The maximum atomic E-state index is 11.9. The minimum absolute atomic E-state index is 0. The molecule has 1 atom stereocenters. The quantitative estimate of drug-likeness (QED) is 0.877. The molecule has 1 fully saturated rings. The third kappa shape index (κ3) is 4.43. The average Bonchev–Trinajstić information content (AvgIpc) is 2.93. The summed E-state index contributed by atoms with van der Waals surface area (Å²) in [4.78, 5) is 11.9. The number of ether oxygens (including phenoxy) is 2. The molecule has 2 N–H and O–H groups in total. The van der Waals surface area contributed by atoms with Crippen LogP contribution in [0.5, 0.6) is 11.5 Å². The van der Waals surface area contributed by atoms with E-state index < -0.39 is 0 Å². The molecule has 2 aliphatic rings. The number of nitrogens with one attached hydrogen (secondary N) is 2. The molecule has 2 heterocycles. The molecule has 1 saturated heterocycles. The fourth-order valence-corrected chi connectivity index (χ4v) is 3.25. The fraction of sp³-hybridized carbons (Fsp3) is 0.500. The number of fused-ring (bicyclic) bond motifs is 1. The second-order valence-electron chi connectivity index (χ2n) is 4.89. The number of amides is 1. The van der Waals surface area contributed by atoms with Crippen molar-refractivity contribution in [2.75, 3.05) is 24.8 Å². The fourth-order valence-electron chi connectivity index (χ4n) is 2.30. The molecule has 116 valence electrons. The second kappa shape index (κ2) is 7.77. The third-order valence-corrected chi connectivity index (χ3v) is 4.49. The van der Waals surface area contributed by atoms with Crippen molar-refractivity contribution in [3.8, 4) is 11.5 Å². The van der Waals surface area contributed by atoms with E-state index in [4.69, 9.17) is 9.47 Å². The van der Waals surface area contributed by atoms with Crippen molar-refractivity contribution < 1.29 is 14.3 Å². The Morgan fingerprint density at radius 1 is 1.38 bits per heavy atom. The molecule has 0 saturated carbocycles. The van der Waals surface area contributed by atoms with Crippen molar-refractivity contribution in [1.82, 2.24) is 10.6 Å². The lowest BCUT2D eigenvalue weighted by Crippen LogP contribution is -2.41. The molecule has 2 aliphatic heterocycles. The van der Waals surface area contributed by atoms with Crippen LogP contribution >= 0.6 is 24.2 Å². The molecule has 5 nitrogen and oxygen atoms in total. The molecule has 1 aromatic carbocycles. The Kier molecular flexibility index (Phi) is 6.02. The summed E-state index contributed by atoms with van der Waals surface area (Å²) in [6.07, 6.45) is 0.539. The number of carbonyl (C=O) groups is 1. The number of carbonyl (C=O) groups excluding carboxylic acids is 1. The first-order valence-corrected chi connectivity index (χ1v) is 7.93. The van der Waals surface area contributed by atoms with Crippen LogP contribution in [0, 0.1) is 0 Å². The van der Waals surface area contributed by atoms with Crippen molar-refractivity contribution in [2.45, 2.75) is 19.0 Å². The summed E-state index contributed by atoms with van der Waals surface area (Å²) >= 11 is 1.90. The Labute approximate surface area is 134 Å². The molecule has 1 amide bonds. The predicted molar refractivity (Wildman–Crippen MR) is 85.4 cm³/mol. The maximum absolute atomic E-state index is 11.9. The highest BCUT2D eigenvalue weighted by molar-refractivity contribution is 7.99. The van der Waals surface area contributed by atoms with Gasteiger partial charge in [0, 0.05) is 37.1 Å². The largest absolute Gasteiger partial charge is 0.454 e. The standard InChI is InChI=1S/C14H18N2O3S.ClH/c17-14(6-11-8-20-4-3-15-11)16-7-10-1-2-12-13(5-10)19-9-18-12;/h1-2,5,11,15H,3-4,6-9H2,(H,16,17);1H. The van der Waals surface area contributed by atoms with Gasteiger partial charge in [0.25, 0.3) is 0 Å². The summed E-state index contributed by atoms with van der Waals surface area (Å²) < 4.78 is 10.6. The third-order valence-electron chi connectivity index (χ3n) is 3.36. The first kappa shape index (κ1) is 16.3. The van der Waals surface area contributed by atoms with Crippen LogP contribution in [-0.4, -0.2) is 36.8 Å². The van der Waals surface area contributed by atoms with Crippen LogP contribution in [0.25, 0.3) is 0 Å². The van der Waals surface area contributed by atoms with Crippen LogP contribution in [0.4, 0.5) is 0 Å². The molecule has 3 rings (SSSR count). The number of benzene rings is 1. The van der Waals surface area contributed by atoms with Crippen molar-refractivity contribution in [3.05, 3.63) is 23.8 Å².